The number of thiophene rings is 1. The number of alkyl halides is 6. The molecular formula is C26H13ClF6N2O3S. The zero-order valence-electron chi connectivity index (χ0n) is 19.2. The largest absolute Gasteiger partial charge is 0.573 e. The van der Waals surface area contributed by atoms with Gasteiger partial charge in [-0.05, 0) is 47.0 Å². The van der Waals surface area contributed by atoms with Gasteiger partial charge in [0.1, 0.15) is 10.6 Å². The van der Waals surface area contributed by atoms with E-state index >= 15 is 0 Å². The molecule has 0 aliphatic heterocycles. The predicted molar refractivity (Wildman–Crippen MR) is 136 cm³/mol. The van der Waals surface area contributed by atoms with Crippen LogP contribution in [0.25, 0.3) is 38.2 Å². The number of nitrogens with one attached hydrogen (secondary N) is 1. The first-order valence-electron chi connectivity index (χ1n) is 10.9. The standard InChI is InChI=1S/C26H13ClF6N2O3S/c27-19-10-7-16(25(28,29)30)11-20(19)35-23(36)21-18(12-39-22(21)34-24(35)37)15-3-1-13(2-4-15)14-5-8-17(9-6-14)38-26(31,32)33/h1-12H,(H,34,37). The molecule has 5 aromatic rings. The molecule has 39 heavy (non-hydrogen) atoms. The van der Waals surface area contributed by atoms with Crippen molar-refractivity contribution in [2.75, 3.05) is 0 Å². The lowest BCUT2D eigenvalue weighted by molar-refractivity contribution is -0.274. The van der Waals surface area contributed by atoms with Crippen molar-refractivity contribution in [2.45, 2.75) is 12.5 Å². The fourth-order valence-electron chi connectivity index (χ4n) is 4.00. The number of aromatic amines is 1. The van der Waals surface area contributed by atoms with Crippen molar-refractivity contribution in [3.63, 3.8) is 0 Å². The number of hydrogen-bond acceptors (Lipinski definition) is 4. The van der Waals surface area contributed by atoms with Crippen molar-refractivity contribution in [1.29, 1.82) is 0 Å². The number of H-pyrrole nitrogens is 1. The van der Waals surface area contributed by atoms with E-state index in [4.69, 9.17) is 11.6 Å². The van der Waals surface area contributed by atoms with E-state index in [1.807, 2.05) is 0 Å². The summed E-state index contributed by atoms with van der Waals surface area (Å²) in [7, 11) is 0. The maximum absolute atomic E-state index is 13.5. The third kappa shape index (κ3) is 5.30. The molecule has 1 N–H and O–H groups in total. The van der Waals surface area contributed by atoms with Crippen molar-refractivity contribution >= 4 is 33.2 Å². The molecule has 200 valence electrons. The average molecular weight is 583 g/mol. The van der Waals surface area contributed by atoms with Gasteiger partial charge in [0, 0.05) is 10.9 Å². The molecule has 0 aliphatic carbocycles. The van der Waals surface area contributed by atoms with E-state index in [0.29, 0.717) is 32.9 Å². The van der Waals surface area contributed by atoms with Crippen LogP contribution in [0.3, 0.4) is 0 Å². The highest BCUT2D eigenvalue weighted by atomic mass is 35.5. The fraction of sp³-hybridized carbons (Fsp3) is 0.0769. The molecule has 0 aliphatic rings. The van der Waals surface area contributed by atoms with E-state index in [-0.39, 0.29) is 21.0 Å². The predicted octanol–water partition coefficient (Wildman–Crippen LogP) is 7.65. The lowest BCUT2D eigenvalue weighted by Crippen LogP contribution is -2.33. The first-order chi connectivity index (χ1) is 18.3. The molecule has 2 heterocycles. The second kappa shape index (κ2) is 9.62. The Kier molecular flexibility index (Phi) is 6.55. The summed E-state index contributed by atoms with van der Waals surface area (Å²) in [6, 6.07) is 14.3. The molecule has 5 nitrogen and oxygen atoms in total. The summed E-state index contributed by atoms with van der Waals surface area (Å²) >= 11 is 7.15. The topological polar surface area (TPSA) is 64.1 Å². The molecule has 0 saturated carbocycles. The van der Waals surface area contributed by atoms with E-state index < -0.39 is 35.0 Å². The molecule has 0 radical (unpaired) electrons. The molecule has 0 fully saturated rings. The Morgan fingerprint density at radius 3 is 2.00 bits per heavy atom. The zero-order chi connectivity index (χ0) is 28.1. The Labute approximate surface area is 223 Å². The third-order valence-electron chi connectivity index (χ3n) is 5.76. The molecular weight excluding hydrogens is 570 g/mol. The number of rotatable bonds is 4. The maximum Gasteiger partial charge on any atom is 0.573 e. The van der Waals surface area contributed by atoms with Crippen LogP contribution in [0.5, 0.6) is 5.75 Å². The Hall–Kier alpha value is -4.03. The summed E-state index contributed by atoms with van der Waals surface area (Å²) in [5.74, 6) is -0.362. The fourth-order valence-corrected chi connectivity index (χ4v) is 5.16. The average Bonchev–Trinajstić information content (AvgIpc) is 3.28. The van der Waals surface area contributed by atoms with E-state index in [9.17, 15) is 35.9 Å². The molecule has 0 saturated heterocycles. The maximum atomic E-state index is 13.5. The van der Waals surface area contributed by atoms with E-state index in [2.05, 4.69) is 9.72 Å². The van der Waals surface area contributed by atoms with Gasteiger partial charge in [0.2, 0.25) is 0 Å². The van der Waals surface area contributed by atoms with Crippen LogP contribution in [0, 0.1) is 0 Å². The SMILES string of the molecule is O=c1[nH]c2scc(-c3ccc(-c4ccc(OC(F)(F)F)cc4)cc3)c2c(=O)n1-c1cc(C(F)(F)F)ccc1Cl. The van der Waals surface area contributed by atoms with Crippen LogP contribution in [-0.4, -0.2) is 15.9 Å². The van der Waals surface area contributed by atoms with Gasteiger partial charge in [-0.1, -0.05) is 48.0 Å². The van der Waals surface area contributed by atoms with Gasteiger partial charge < -0.3 is 4.74 Å². The quantitative estimate of drug-likeness (QED) is 0.221. The van der Waals surface area contributed by atoms with Gasteiger partial charge in [-0.3, -0.25) is 9.78 Å². The highest BCUT2D eigenvalue weighted by molar-refractivity contribution is 7.17. The molecule has 0 bridgehead atoms. The van der Waals surface area contributed by atoms with E-state index in [1.54, 1.807) is 29.6 Å². The normalized spacial score (nSPS) is 12.2. The molecule has 5 rings (SSSR count). The summed E-state index contributed by atoms with van der Waals surface area (Å²) in [6.45, 7) is 0. The monoisotopic (exact) mass is 582 g/mol. The number of fused-ring (bicyclic) bond motifs is 1. The number of nitrogens with zero attached hydrogens (tertiary/aromatic N) is 1. The molecule has 13 heteroatoms. The van der Waals surface area contributed by atoms with Crippen molar-refractivity contribution in [1.82, 2.24) is 9.55 Å². The van der Waals surface area contributed by atoms with E-state index in [1.165, 1.54) is 24.3 Å². The van der Waals surface area contributed by atoms with Crippen LogP contribution in [-0.2, 0) is 6.18 Å². The Bertz CT molecular complexity index is 1800. The minimum Gasteiger partial charge on any atom is -0.406 e. The molecule has 3 aromatic carbocycles. The van der Waals surface area contributed by atoms with Crippen molar-refractivity contribution in [2.24, 2.45) is 0 Å². The van der Waals surface area contributed by atoms with Gasteiger partial charge in [0.25, 0.3) is 5.56 Å². The van der Waals surface area contributed by atoms with Crippen LogP contribution < -0.4 is 16.0 Å². The Balaban J connectivity index is 1.55. The lowest BCUT2D eigenvalue weighted by Gasteiger charge is -2.12. The minimum absolute atomic E-state index is 0.0782. The second-order valence-electron chi connectivity index (χ2n) is 8.24. The first-order valence-corrected chi connectivity index (χ1v) is 12.2. The number of ether oxygens (including phenoxy) is 1. The summed E-state index contributed by atoms with van der Waals surface area (Å²) in [4.78, 5) is 28.9. The molecule has 0 atom stereocenters. The third-order valence-corrected chi connectivity index (χ3v) is 6.98. The van der Waals surface area contributed by atoms with Crippen molar-refractivity contribution < 1.29 is 31.1 Å². The Morgan fingerprint density at radius 1 is 0.821 bits per heavy atom. The molecule has 0 amide bonds. The molecule has 2 aromatic heterocycles. The van der Waals surface area contributed by atoms with Crippen molar-refractivity contribution in [3.05, 3.63) is 104 Å². The highest BCUT2D eigenvalue weighted by Crippen LogP contribution is 2.35. The first kappa shape index (κ1) is 26.6. The zero-order valence-corrected chi connectivity index (χ0v) is 20.7. The number of halogens is 7. The van der Waals surface area contributed by atoms with Gasteiger partial charge in [-0.15, -0.1) is 24.5 Å². The van der Waals surface area contributed by atoms with Crippen molar-refractivity contribution in [3.8, 4) is 33.7 Å². The van der Waals surface area contributed by atoms with Crippen LogP contribution >= 0.6 is 22.9 Å². The van der Waals surface area contributed by atoms with Gasteiger partial charge >= 0.3 is 18.2 Å². The number of benzene rings is 3. The summed E-state index contributed by atoms with van der Waals surface area (Å²) in [5, 5.41) is 1.48. The molecule has 0 unspecified atom stereocenters. The van der Waals surface area contributed by atoms with Crippen LogP contribution in [0.4, 0.5) is 26.3 Å². The minimum atomic E-state index is -4.80. The second-order valence-corrected chi connectivity index (χ2v) is 9.52. The summed E-state index contributed by atoms with van der Waals surface area (Å²) in [6.07, 6.45) is -9.53. The smallest absolute Gasteiger partial charge is 0.406 e. The lowest BCUT2D eigenvalue weighted by atomic mass is 10.0. The number of aromatic nitrogens is 2. The van der Waals surface area contributed by atoms with Crippen LogP contribution in [0.15, 0.2) is 81.7 Å². The Morgan fingerprint density at radius 2 is 1.41 bits per heavy atom. The van der Waals surface area contributed by atoms with Crippen LogP contribution in [0.2, 0.25) is 5.02 Å². The molecule has 0 spiro atoms. The highest BCUT2D eigenvalue weighted by Gasteiger charge is 2.32. The summed E-state index contributed by atoms with van der Waals surface area (Å²) < 4.78 is 81.5. The number of hydrogen-bond donors (Lipinski definition) is 1. The van der Waals surface area contributed by atoms with Gasteiger partial charge in [0.05, 0.1) is 21.7 Å². The van der Waals surface area contributed by atoms with Gasteiger partial charge in [-0.2, -0.15) is 13.2 Å². The van der Waals surface area contributed by atoms with E-state index in [0.717, 1.165) is 23.5 Å². The summed E-state index contributed by atoms with van der Waals surface area (Å²) in [5.41, 5.74) is -1.03. The van der Waals surface area contributed by atoms with Crippen LogP contribution in [0.1, 0.15) is 5.56 Å². The van der Waals surface area contributed by atoms with Gasteiger partial charge in [-0.25, -0.2) is 9.36 Å². The van der Waals surface area contributed by atoms with Gasteiger partial charge in [0.15, 0.2) is 0 Å².